The van der Waals surface area contributed by atoms with Crippen LogP contribution < -0.4 is 11.1 Å². The monoisotopic (exact) mass is 281 g/mol. The molecule has 0 amide bonds. The van der Waals surface area contributed by atoms with Crippen molar-refractivity contribution in [3.05, 3.63) is 39.2 Å². The van der Waals surface area contributed by atoms with E-state index >= 15 is 0 Å². The number of aromatic nitrogens is 1. The predicted octanol–water partition coefficient (Wildman–Crippen LogP) is 3.73. The molecule has 0 spiro atoms. The Hall–Kier alpha value is -1.26. The Morgan fingerprint density at radius 2 is 2.17 bits per heavy atom. The molecule has 18 heavy (non-hydrogen) atoms. The molecule has 96 valence electrons. The Morgan fingerprint density at radius 1 is 1.39 bits per heavy atom. The van der Waals surface area contributed by atoms with Gasteiger partial charge in [0.2, 0.25) is 0 Å². The molecule has 1 atom stereocenters. The molecule has 5 heteroatoms. The smallest absolute Gasteiger partial charge is 0.151 e. The van der Waals surface area contributed by atoms with Crippen molar-refractivity contribution in [3.63, 3.8) is 0 Å². The summed E-state index contributed by atoms with van der Waals surface area (Å²) >= 11 is 7.68. The molecule has 0 aliphatic carbocycles. The van der Waals surface area contributed by atoms with Gasteiger partial charge in [0.05, 0.1) is 5.69 Å². The number of rotatable bonds is 4. The maximum absolute atomic E-state index is 5.86. The summed E-state index contributed by atoms with van der Waals surface area (Å²) in [5.74, 6) is 0.656. The third-order valence-corrected chi connectivity index (χ3v) is 3.81. The van der Waals surface area contributed by atoms with Crippen LogP contribution in [0.1, 0.15) is 16.7 Å². The minimum atomic E-state index is 0.260. The van der Waals surface area contributed by atoms with Crippen LogP contribution in [0.25, 0.3) is 0 Å². The molecular weight excluding hydrogens is 266 g/mol. The average molecular weight is 282 g/mol. The van der Waals surface area contributed by atoms with E-state index in [2.05, 4.69) is 36.3 Å². The summed E-state index contributed by atoms with van der Waals surface area (Å²) in [6.45, 7) is 4.22. The maximum Gasteiger partial charge on any atom is 0.151 e. The molecule has 0 fully saturated rings. The zero-order valence-electron chi connectivity index (χ0n) is 10.4. The van der Waals surface area contributed by atoms with Crippen LogP contribution in [0.15, 0.2) is 24.3 Å². The standard InChI is InChI=1S/C13H16ClN3S/c1-8(7-10-4-3-9(2)18-10)16-13-11(15)5-6-12(14)17-13/h3-6,8H,7,15H2,1-2H3,(H,16,17). The van der Waals surface area contributed by atoms with Gasteiger partial charge in [0.25, 0.3) is 0 Å². The molecule has 0 aromatic carbocycles. The van der Waals surface area contributed by atoms with Crippen molar-refractivity contribution in [3.8, 4) is 0 Å². The predicted molar refractivity (Wildman–Crippen MR) is 79.5 cm³/mol. The van der Waals surface area contributed by atoms with Crippen LogP contribution >= 0.6 is 22.9 Å². The van der Waals surface area contributed by atoms with Crippen LogP contribution in [-0.2, 0) is 6.42 Å². The molecule has 3 N–H and O–H groups in total. The van der Waals surface area contributed by atoms with Gasteiger partial charge in [0.1, 0.15) is 5.15 Å². The second-order valence-corrected chi connectivity index (χ2v) is 6.09. The lowest BCUT2D eigenvalue weighted by Crippen LogP contribution is -2.19. The number of nitrogens with two attached hydrogens (primary N) is 1. The number of thiophene rings is 1. The molecule has 1 unspecified atom stereocenters. The van der Waals surface area contributed by atoms with Crippen molar-refractivity contribution in [1.82, 2.24) is 4.98 Å². The van der Waals surface area contributed by atoms with Gasteiger partial charge in [-0.1, -0.05) is 11.6 Å². The fourth-order valence-corrected chi connectivity index (χ4v) is 2.91. The van der Waals surface area contributed by atoms with Crippen molar-refractivity contribution in [2.75, 3.05) is 11.1 Å². The first-order chi connectivity index (χ1) is 8.54. The van der Waals surface area contributed by atoms with E-state index in [0.717, 1.165) is 6.42 Å². The van der Waals surface area contributed by atoms with Crippen molar-refractivity contribution in [2.45, 2.75) is 26.3 Å². The number of nitrogen functional groups attached to an aromatic ring is 1. The first-order valence-electron chi connectivity index (χ1n) is 5.78. The van der Waals surface area contributed by atoms with Crippen LogP contribution in [0.5, 0.6) is 0 Å². The zero-order valence-corrected chi connectivity index (χ0v) is 12.0. The van der Waals surface area contributed by atoms with E-state index in [9.17, 15) is 0 Å². The van der Waals surface area contributed by atoms with Gasteiger partial charge >= 0.3 is 0 Å². The molecule has 0 bridgehead atoms. The number of hydrogen-bond donors (Lipinski definition) is 2. The van der Waals surface area contributed by atoms with Crippen molar-refractivity contribution < 1.29 is 0 Å². The van der Waals surface area contributed by atoms with E-state index in [1.807, 2.05) is 11.3 Å². The number of nitrogens with one attached hydrogen (secondary N) is 1. The number of aryl methyl sites for hydroxylation is 1. The van der Waals surface area contributed by atoms with E-state index in [1.54, 1.807) is 12.1 Å². The van der Waals surface area contributed by atoms with Crippen molar-refractivity contribution in [1.29, 1.82) is 0 Å². The third-order valence-electron chi connectivity index (χ3n) is 2.58. The van der Waals surface area contributed by atoms with E-state index in [4.69, 9.17) is 17.3 Å². The SMILES string of the molecule is Cc1ccc(CC(C)Nc2nc(Cl)ccc2N)s1. The first kappa shape index (κ1) is 13.2. The molecule has 0 saturated carbocycles. The maximum atomic E-state index is 5.86. The summed E-state index contributed by atoms with van der Waals surface area (Å²) in [5.41, 5.74) is 6.47. The minimum absolute atomic E-state index is 0.260. The summed E-state index contributed by atoms with van der Waals surface area (Å²) in [6, 6.07) is 8.01. The number of nitrogens with zero attached hydrogens (tertiary/aromatic N) is 1. The largest absolute Gasteiger partial charge is 0.396 e. The van der Waals surface area contributed by atoms with Gasteiger partial charge in [0.15, 0.2) is 5.82 Å². The number of anilines is 2. The van der Waals surface area contributed by atoms with Crippen LogP contribution in [0.3, 0.4) is 0 Å². The van der Waals surface area contributed by atoms with E-state index < -0.39 is 0 Å². The molecule has 0 aliphatic heterocycles. The lowest BCUT2D eigenvalue weighted by atomic mass is 10.2. The fourth-order valence-electron chi connectivity index (χ4n) is 1.74. The molecule has 3 nitrogen and oxygen atoms in total. The topological polar surface area (TPSA) is 50.9 Å². The highest BCUT2D eigenvalue weighted by molar-refractivity contribution is 7.11. The van der Waals surface area contributed by atoms with E-state index in [-0.39, 0.29) is 6.04 Å². The Morgan fingerprint density at radius 3 is 2.83 bits per heavy atom. The first-order valence-corrected chi connectivity index (χ1v) is 6.98. The lowest BCUT2D eigenvalue weighted by Gasteiger charge is -2.15. The van der Waals surface area contributed by atoms with Crippen molar-refractivity contribution in [2.24, 2.45) is 0 Å². The Labute approximate surface area is 116 Å². The van der Waals surface area contributed by atoms with Gasteiger partial charge in [-0.15, -0.1) is 11.3 Å². The molecule has 0 saturated heterocycles. The van der Waals surface area contributed by atoms with Crippen LogP contribution in [0.2, 0.25) is 5.15 Å². The third kappa shape index (κ3) is 3.37. The summed E-state index contributed by atoms with van der Waals surface area (Å²) in [4.78, 5) is 6.88. The molecule has 2 rings (SSSR count). The van der Waals surface area contributed by atoms with E-state index in [0.29, 0.717) is 16.7 Å². The average Bonchev–Trinajstić information content (AvgIpc) is 2.69. The highest BCUT2D eigenvalue weighted by Crippen LogP contribution is 2.21. The Kier molecular flexibility index (Phi) is 4.09. The van der Waals surface area contributed by atoms with Crippen LogP contribution in [0, 0.1) is 6.92 Å². The molecule has 2 heterocycles. The number of pyridine rings is 1. The van der Waals surface area contributed by atoms with Gasteiger partial charge in [-0.05, 0) is 38.1 Å². The van der Waals surface area contributed by atoms with Crippen molar-refractivity contribution >= 4 is 34.4 Å². The second-order valence-electron chi connectivity index (χ2n) is 4.33. The summed E-state index contributed by atoms with van der Waals surface area (Å²) in [7, 11) is 0. The summed E-state index contributed by atoms with van der Waals surface area (Å²) < 4.78 is 0. The lowest BCUT2D eigenvalue weighted by molar-refractivity contribution is 0.795. The summed E-state index contributed by atoms with van der Waals surface area (Å²) in [6.07, 6.45) is 0.951. The molecule has 2 aromatic heterocycles. The van der Waals surface area contributed by atoms with Crippen LogP contribution in [-0.4, -0.2) is 11.0 Å². The van der Waals surface area contributed by atoms with Gasteiger partial charge in [-0.25, -0.2) is 4.98 Å². The molecular formula is C13H16ClN3S. The zero-order chi connectivity index (χ0) is 13.1. The Bertz CT molecular complexity index is 539. The molecule has 2 aromatic rings. The van der Waals surface area contributed by atoms with E-state index in [1.165, 1.54) is 9.75 Å². The highest BCUT2D eigenvalue weighted by Gasteiger charge is 2.08. The van der Waals surface area contributed by atoms with Gasteiger partial charge in [-0.3, -0.25) is 0 Å². The quantitative estimate of drug-likeness (QED) is 0.840. The van der Waals surface area contributed by atoms with Crippen LogP contribution in [0.4, 0.5) is 11.5 Å². The van der Waals surface area contributed by atoms with Gasteiger partial charge < -0.3 is 11.1 Å². The van der Waals surface area contributed by atoms with Gasteiger partial charge in [0, 0.05) is 22.2 Å². The number of halogens is 1. The fraction of sp³-hybridized carbons (Fsp3) is 0.308. The van der Waals surface area contributed by atoms with Gasteiger partial charge in [-0.2, -0.15) is 0 Å². The minimum Gasteiger partial charge on any atom is -0.396 e. The summed E-state index contributed by atoms with van der Waals surface area (Å²) in [5, 5.41) is 3.74. The molecule has 0 radical (unpaired) electrons. The Balaban J connectivity index is 2.02. The number of hydrogen-bond acceptors (Lipinski definition) is 4. The highest BCUT2D eigenvalue weighted by atomic mass is 35.5. The molecule has 0 aliphatic rings. The normalized spacial score (nSPS) is 12.4. The second kappa shape index (κ2) is 5.59.